The zero-order valence-electron chi connectivity index (χ0n) is 9.56. The molecule has 7 heteroatoms. The first-order valence-corrected chi connectivity index (χ1v) is 6.94. The first-order valence-electron chi connectivity index (χ1n) is 5.74. The maximum absolute atomic E-state index is 5.86. The van der Waals surface area contributed by atoms with Gasteiger partial charge in [0.05, 0.1) is 10.9 Å². The highest BCUT2D eigenvalue weighted by molar-refractivity contribution is 7.16. The van der Waals surface area contributed by atoms with Crippen LogP contribution in [0.15, 0.2) is 16.5 Å². The Labute approximate surface area is 113 Å². The van der Waals surface area contributed by atoms with Crippen LogP contribution >= 0.6 is 22.9 Å². The van der Waals surface area contributed by atoms with Crippen molar-refractivity contribution in [3.63, 3.8) is 0 Å². The lowest BCUT2D eigenvalue weighted by Gasteiger charge is -2.02. The predicted octanol–water partition coefficient (Wildman–Crippen LogP) is 3.25. The summed E-state index contributed by atoms with van der Waals surface area (Å²) in [5.74, 6) is 0.555. The third-order valence-corrected chi connectivity index (χ3v) is 3.92. The van der Waals surface area contributed by atoms with Crippen molar-refractivity contribution in [2.75, 3.05) is 11.9 Å². The average Bonchev–Trinajstić information content (AvgIpc) is 3.07. The average molecular weight is 286 g/mol. The monoisotopic (exact) mass is 285 g/mol. The zero-order chi connectivity index (χ0) is 12.4. The smallest absolute Gasteiger partial charge is 0.315 e. The summed E-state index contributed by atoms with van der Waals surface area (Å²) in [5.41, 5.74) is 0. The molecule has 3 heterocycles. The van der Waals surface area contributed by atoms with Crippen molar-refractivity contribution in [1.82, 2.24) is 10.2 Å². The molecule has 1 N–H and O–H groups in total. The van der Waals surface area contributed by atoms with Crippen molar-refractivity contribution in [3.8, 4) is 0 Å². The molecule has 0 spiro atoms. The van der Waals surface area contributed by atoms with E-state index in [1.165, 1.54) is 11.3 Å². The number of nitrogens with zero attached hydrogens (tertiary/aromatic N) is 2. The summed E-state index contributed by atoms with van der Waals surface area (Å²) in [5, 5.41) is 11.0. The fourth-order valence-electron chi connectivity index (χ4n) is 1.82. The highest BCUT2D eigenvalue weighted by Crippen LogP contribution is 2.28. The fourth-order valence-corrected chi connectivity index (χ4v) is 2.85. The van der Waals surface area contributed by atoms with Crippen LogP contribution in [0, 0.1) is 0 Å². The van der Waals surface area contributed by atoms with Gasteiger partial charge in [0.25, 0.3) is 0 Å². The highest BCUT2D eigenvalue weighted by atomic mass is 35.5. The first-order chi connectivity index (χ1) is 8.81. The molecule has 5 nitrogen and oxygen atoms in total. The van der Waals surface area contributed by atoms with E-state index in [1.807, 2.05) is 12.1 Å². The normalized spacial score (nSPS) is 19.3. The molecule has 0 saturated carbocycles. The molecule has 3 rings (SSSR count). The third kappa shape index (κ3) is 2.66. The number of hydrogen-bond donors (Lipinski definition) is 1. The minimum Gasteiger partial charge on any atom is -0.405 e. The van der Waals surface area contributed by atoms with Gasteiger partial charge in [-0.25, -0.2) is 0 Å². The van der Waals surface area contributed by atoms with Crippen molar-refractivity contribution in [2.24, 2.45) is 0 Å². The highest BCUT2D eigenvalue weighted by Gasteiger charge is 2.23. The number of hydrogen-bond acceptors (Lipinski definition) is 6. The summed E-state index contributed by atoms with van der Waals surface area (Å²) >= 11 is 7.38. The quantitative estimate of drug-likeness (QED) is 0.934. The topological polar surface area (TPSA) is 60.2 Å². The number of ether oxygens (including phenoxy) is 1. The second-order valence-electron chi connectivity index (χ2n) is 4.01. The van der Waals surface area contributed by atoms with Gasteiger partial charge >= 0.3 is 6.01 Å². The van der Waals surface area contributed by atoms with Crippen molar-refractivity contribution in [1.29, 1.82) is 0 Å². The number of halogens is 1. The molecule has 2 aromatic rings. The van der Waals surface area contributed by atoms with Crippen molar-refractivity contribution < 1.29 is 9.15 Å². The van der Waals surface area contributed by atoms with Crippen molar-refractivity contribution >= 4 is 29.0 Å². The molecule has 0 bridgehead atoms. The van der Waals surface area contributed by atoms with Crippen LogP contribution in [0.3, 0.4) is 0 Å². The van der Waals surface area contributed by atoms with E-state index < -0.39 is 0 Å². The Morgan fingerprint density at radius 2 is 2.39 bits per heavy atom. The van der Waals surface area contributed by atoms with Crippen LogP contribution in [0.5, 0.6) is 0 Å². The summed E-state index contributed by atoms with van der Waals surface area (Å²) in [7, 11) is 0. The molecule has 0 aliphatic carbocycles. The van der Waals surface area contributed by atoms with Crippen LogP contribution in [-0.4, -0.2) is 16.8 Å². The molecule has 1 unspecified atom stereocenters. The van der Waals surface area contributed by atoms with E-state index in [0.717, 1.165) is 28.7 Å². The molecule has 0 aromatic carbocycles. The number of nitrogens with one attached hydrogen (secondary N) is 1. The summed E-state index contributed by atoms with van der Waals surface area (Å²) < 4.78 is 11.8. The summed E-state index contributed by atoms with van der Waals surface area (Å²) in [6.07, 6.45) is 1.95. The lowest BCUT2D eigenvalue weighted by atomic mass is 10.2. The molecule has 1 aliphatic rings. The maximum Gasteiger partial charge on any atom is 0.315 e. The molecular formula is C11H12ClN3O2S. The van der Waals surface area contributed by atoms with Gasteiger partial charge in [-0.2, -0.15) is 0 Å². The van der Waals surface area contributed by atoms with E-state index >= 15 is 0 Å². The minimum absolute atomic E-state index is 0.0377. The van der Waals surface area contributed by atoms with E-state index in [4.69, 9.17) is 20.8 Å². The largest absolute Gasteiger partial charge is 0.405 e. The molecule has 1 saturated heterocycles. The Morgan fingerprint density at radius 3 is 3.11 bits per heavy atom. The minimum atomic E-state index is -0.0377. The van der Waals surface area contributed by atoms with Gasteiger partial charge in [0.2, 0.25) is 5.89 Å². The van der Waals surface area contributed by atoms with Gasteiger partial charge < -0.3 is 14.5 Å². The van der Waals surface area contributed by atoms with Crippen molar-refractivity contribution in [3.05, 3.63) is 27.2 Å². The van der Waals surface area contributed by atoms with E-state index in [-0.39, 0.29) is 6.10 Å². The van der Waals surface area contributed by atoms with Gasteiger partial charge in [0.15, 0.2) is 0 Å². The van der Waals surface area contributed by atoms with E-state index in [9.17, 15) is 0 Å². The molecule has 96 valence electrons. The van der Waals surface area contributed by atoms with Gasteiger partial charge in [-0.15, -0.1) is 16.4 Å². The van der Waals surface area contributed by atoms with Crippen LogP contribution < -0.4 is 5.32 Å². The summed E-state index contributed by atoms with van der Waals surface area (Å²) in [6, 6.07) is 4.26. The lowest BCUT2D eigenvalue weighted by molar-refractivity contribution is 0.0897. The fraction of sp³-hybridized carbons (Fsp3) is 0.455. The van der Waals surface area contributed by atoms with Gasteiger partial charge in [-0.05, 0) is 25.0 Å². The molecule has 1 aliphatic heterocycles. The second kappa shape index (κ2) is 5.26. The Bertz CT molecular complexity index is 522. The van der Waals surface area contributed by atoms with E-state index in [2.05, 4.69) is 15.5 Å². The third-order valence-electron chi connectivity index (χ3n) is 2.69. The number of rotatable bonds is 4. The van der Waals surface area contributed by atoms with Crippen LogP contribution in [0.4, 0.5) is 6.01 Å². The number of aromatic nitrogens is 2. The molecule has 18 heavy (non-hydrogen) atoms. The van der Waals surface area contributed by atoms with Crippen molar-refractivity contribution in [2.45, 2.75) is 25.5 Å². The number of thiophene rings is 1. The summed E-state index contributed by atoms with van der Waals surface area (Å²) in [4.78, 5) is 1.12. The van der Waals surface area contributed by atoms with Gasteiger partial charge in [-0.3, -0.25) is 0 Å². The zero-order valence-corrected chi connectivity index (χ0v) is 11.1. The standard InChI is InChI=1S/C11H12ClN3O2S/c12-9-4-3-7(18-9)6-13-11-15-14-10(17-11)8-2-1-5-16-8/h3-4,8H,1-2,5-6H2,(H,13,15). The molecular weight excluding hydrogens is 274 g/mol. The molecule has 1 atom stereocenters. The van der Waals surface area contributed by atoms with Gasteiger partial charge in [-0.1, -0.05) is 16.7 Å². The maximum atomic E-state index is 5.86. The van der Waals surface area contributed by atoms with Crippen LogP contribution in [0.25, 0.3) is 0 Å². The second-order valence-corrected chi connectivity index (χ2v) is 5.81. The Hall–Kier alpha value is -1.11. The molecule has 0 amide bonds. The molecule has 0 radical (unpaired) electrons. The first kappa shape index (κ1) is 12.0. The lowest BCUT2D eigenvalue weighted by Crippen LogP contribution is -1.97. The molecule has 2 aromatic heterocycles. The van der Waals surface area contributed by atoms with Gasteiger partial charge in [0, 0.05) is 11.5 Å². The SMILES string of the molecule is Clc1ccc(CNc2nnc(C3CCCO3)o2)s1. The van der Waals surface area contributed by atoms with Gasteiger partial charge in [0.1, 0.15) is 6.10 Å². The summed E-state index contributed by atoms with van der Waals surface area (Å²) in [6.45, 7) is 1.40. The number of anilines is 1. The van der Waals surface area contributed by atoms with E-state index in [0.29, 0.717) is 18.5 Å². The Balaban J connectivity index is 1.59. The molecule has 1 fully saturated rings. The van der Waals surface area contributed by atoms with Crippen LogP contribution in [0.2, 0.25) is 4.34 Å². The predicted molar refractivity (Wildman–Crippen MR) is 68.9 cm³/mol. The van der Waals surface area contributed by atoms with Crippen LogP contribution in [-0.2, 0) is 11.3 Å². The Morgan fingerprint density at radius 1 is 1.44 bits per heavy atom. The Kier molecular flexibility index (Phi) is 3.49. The van der Waals surface area contributed by atoms with Crippen LogP contribution in [0.1, 0.15) is 29.7 Å². The van der Waals surface area contributed by atoms with E-state index in [1.54, 1.807) is 0 Å².